The van der Waals surface area contributed by atoms with Crippen molar-refractivity contribution in [2.24, 2.45) is 5.92 Å². The lowest BCUT2D eigenvalue weighted by molar-refractivity contribution is 0.414. The van der Waals surface area contributed by atoms with Crippen LogP contribution in [0, 0.1) is 5.92 Å². The molecule has 1 aromatic carbocycles. The lowest BCUT2D eigenvalue weighted by Gasteiger charge is -2.33. The fourth-order valence-electron chi connectivity index (χ4n) is 2.88. The lowest BCUT2D eigenvalue weighted by atomic mass is 9.91. The van der Waals surface area contributed by atoms with Crippen molar-refractivity contribution in [3.05, 3.63) is 29.8 Å². The van der Waals surface area contributed by atoms with E-state index in [9.17, 15) is 0 Å². The highest BCUT2D eigenvalue weighted by atomic mass is 32.2. The van der Waals surface area contributed by atoms with Crippen LogP contribution < -0.4 is 4.74 Å². The Morgan fingerprint density at radius 1 is 1.06 bits per heavy atom. The molecule has 0 N–H and O–H groups in total. The van der Waals surface area contributed by atoms with Gasteiger partial charge in [-0.25, -0.2) is 0 Å². The standard InChI is InChI=1S/C14H18OS2/c1-15-11-4-2-10(3-5-11)14-12-6-8-16-13(12)7-9-17-14/h2-5,12-14H,6-9H2,1H3/t12-,13-,14-/m0/s1. The van der Waals surface area contributed by atoms with Gasteiger partial charge in [0, 0.05) is 10.5 Å². The Bertz CT molecular complexity index is 376. The molecule has 1 aromatic rings. The van der Waals surface area contributed by atoms with Crippen LogP contribution in [0.1, 0.15) is 23.7 Å². The van der Waals surface area contributed by atoms with E-state index in [0.717, 1.165) is 22.2 Å². The second-order valence-corrected chi connectivity index (χ2v) is 7.31. The van der Waals surface area contributed by atoms with Gasteiger partial charge in [0.15, 0.2) is 0 Å². The zero-order valence-corrected chi connectivity index (χ0v) is 11.7. The lowest BCUT2D eigenvalue weighted by Crippen LogP contribution is -2.24. The first-order valence-electron chi connectivity index (χ1n) is 6.25. The first kappa shape index (κ1) is 11.8. The third-order valence-electron chi connectivity index (χ3n) is 3.79. The molecule has 0 saturated carbocycles. The van der Waals surface area contributed by atoms with Crippen LogP contribution in [-0.2, 0) is 0 Å². The number of thioether (sulfide) groups is 2. The second kappa shape index (κ2) is 5.15. The highest BCUT2D eigenvalue weighted by Crippen LogP contribution is 2.52. The van der Waals surface area contributed by atoms with E-state index in [1.54, 1.807) is 7.11 Å². The molecule has 0 bridgehead atoms. The maximum Gasteiger partial charge on any atom is 0.118 e. The molecule has 92 valence electrons. The number of methoxy groups -OCH3 is 1. The fourth-order valence-corrected chi connectivity index (χ4v) is 6.23. The summed E-state index contributed by atoms with van der Waals surface area (Å²) in [5.74, 6) is 4.55. The normalized spacial score (nSPS) is 32.2. The maximum atomic E-state index is 5.23. The van der Waals surface area contributed by atoms with Gasteiger partial charge in [0.05, 0.1) is 7.11 Å². The van der Waals surface area contributed by atoms with E-state index in [1.807, 2.05) is 0 Å². The van der Waals surface area contributed by atoms with Crippen molar-refractivity contribution < 1.29 is 4.74 Å². The van der Waals surface area contributed by atoms with Crippen molar-refractivity contribution in [2.45, 2.75) is 23.3 Å². The Labute approximate surface area is 112 Å². The monoisotopic (exact) mass is 266 g/mol. The molecule has 2 aliphatic rings. The van der Waals surface area contributed by atoms with E-state index < -0.39 is 0 Å². The first-order valence-corrected chi connectivity index (χ1v) is 8.35. The van der Waals surface area contributed by atoms with Gasteiger partial charge in [0.25, 0.3) is 0 Å². The highest BCUT2D eigenvalue weighted by molar-refractivity contribution is 8.01. The van der Waals surface area contributed by atoms with Crippen molar-refractivity contribution in [1.82, 2.24) is 0 Å². The van der Waals surface area contributed by atoms with Gasteiger partial charge in [0.2, 0.25) is 0 Å². The van der Waals surface area contributed by atoms with E-state index in [0.29, 0.717) is 0 Å². The average molecular weight is 266 g/mol. The summed E-state index contributed by atoms with van der Waals surface area (Å²) in [5.41, 5.74) is 1.49. The van der Waals surface area contributed by atoms with E-state index in [2.05, 4.69) is 47.8 Å². The van der Waals surface area contributed by atoms with Gasteiger partial charge in [0.1, 0.15) is 5.75 Å². The molecule has 2 saturated heterocycles. The summed E-state index contributed by atoms with van der Waals surface area (Å²) in [5, 5.41) is 1.64. The summed E-state index contributed by atoms with van der Waals surface area (Å²) in [4.78, 5) is 0. The number of rotatable bonds is 2. The van der Waals surface area contributed by atoms with Crippen LogP contribution in [-0.4, -0.2) is 23.9 Å². The number of fused-ring (bicyclic) bond motifs is 1. The van der Waals surface area contributed by atoms with Gasteiger partial charge in [-0.05, 0) is 48.0 Å². The summed E-state index contributed by atoms with van der Waals surface area (Å²) in [6.07, 6.45) is 2.81. The topological polar surface area (TPSA) is 9.23 Å². The van der Waals surface area contributed by atoms with Crippen molar-refractivity contribution in [3.63, 3.8) is 0 Å². The van der Waals surface area contributed by atoms with Crippen LogP contribution in [0.3, 0.4) is 0 Å². The molecule has 0 radical (unpaired) electrons. The summed E-state index contributed by atoms with van der Waals surface area (Å²) in [6, 6.07) is 8.70. The van der Waals surface area contributed by atoms with Crippen LogP contribution in [0.15, 0.2) is 24.3 Å². The van der Waals surface area contributed by atoms with Gasteiger partial charge < -0.3 is 4.74 Å². The third-order valence-corrected chi connectivity index (χ3v) is 6.73. The minimum atomic E-state index is 0.717. The molecule has 0 amide bonds. The second-order valence-electron chi connectivity index (χ2n) is 4.71. The van der Waals surface area contributed by atoms with E-state index >= 15 is 0 Å². The van der Waals surface area contributed by atoms with Crippen LogP contribution in [0.5, 0.6) is 5.75 Å². The minimum absolute atomic E-state index is 0.717. The molecule has 3 atom stereocenters. The Hall–Kier alpha value is -0.280. The van der Waals surface area contributed by atoms with Crippen LogP contribution in [0.2, 0.25) is 0 Å². The van der Waals surface area contributed by atoms with E-state index in [1.165, 1.54) is 29.9 Å². The quantitative estimate of drug-likeness (QED) is 0.801. The van der Waals surface area contributed by atoms with Crippen molar-refractivity contribution in [2.75, 3.05) is 18.6 Å². The molecule has 0 spiro atoms. The summed E-state index contributed by atoms with van der Waals surface area (Å²) in [6.45, 7) is 0. The number of hydrogen-bond donors (Lipinski definition) is 0. The van der Waals surface area contributed by atoms with Crippen LogP contribution in [0.4, 0.5) is 0 Å². The SMILES string of the molecule is COc1ccc([C@@H]2SCC[C@@H]3SCC[C@@H]32)cc1. The molecule has 3 rings (SSSR count). The van der Waals surface area contributed by atoms with E-state index in [4.69, 9.17) is 4.74 Å². The molecule has 2 heterocycles. The number of ether oxygens (including phenoxy) is 1. The summed E-state index contributed by atoms with van der Waals surface area (Å²) in [7, 11) is 1.73. The molecular weight excluding hydrogens is 248 g/mol. The zero-order valence-electron chi connectivity index (χ0n) is 10.1. The van der Waals surface area contributed by atoms with E-state index in [-0.39, 0.29) is 0 Å². The third kappa shape index (κ3) is 2.32. The molecule has 2 aliphatic heterocycles. The Kier molecular flexibility index (Phi) is 3.57. The first-order chi connectivity index (χ1) is 8.38. The zero-order chi connectivity index (χ0) is 11.7. The molecule has 0 aliphatic carbocycles. The van der Waals surface area contributed by atoms with Crippen molar-refractivity contribution in [3.8, 4) is 5.75 Å². The van der Waals surface area contributed by atoms with Crippen LogP contribution in [0.25, 0.3) is 0 Å². The molecule has 0 unspecified atom stereocenters. The van der Waals surface area contributed by atoms with Gasteiger partial charge in [-0.2, -0.15) is 23.5 Å². The molecule has 1 nitrogen and oxygen atoms in total. The Morgan fingerprint density at radius 2 is 1.82 bits per heavy atom. The average Bonchev–Trinajstić information content (AvgIpc) is 2.87. The van der Waals surface area contributed by atoms with Crippen LogP contribution >= 0.6 is 23.5 Å². The predicted octanol–water partition coefficient (Wildman–Crippen LogP) is 3.99. The van der Waals surface area contributed by atoms with Gasteiger partial charge in [-0.1, -0.05) is 12.1 Å². The van der Waals surface area contributed by atoms with Gasteiger partial charge in [-0.15, -0.1) is 0 Å². The van der Waals surface area contributed by atoms with Crippen molar-refractivity contribution in [1.29, 1.82) is 0 Å². The van der Waals surface area contributed by atoms with Gasteiger partial charge >= 0.3 is 0 Å². The maximum absolute atomic E-state index is 5.23. The number of hydrogen-bond acceptors (Lipinski definition) is 3. The Balaban J connectivity index is 1.81. The molecule has 2 fully saturated rings. The number of benzene rings is 1. The fraction of sp³-hybridized carbons (Fsp3) is 0.571. The molecule has 17 heavy (non-hydrogen) atoms. The molecule has 3 heteroatoms. The summed E-state index contributed by atoms with van der Waals surface area (Å²) >= 11 is 4.35. The predicted molar refractivity (Wildman–Crippen MR) is 77.2 cm³/mol. The Morgan fingerprint density at radius 3 is 2.59 bits per heavy atom. The summed E-state index contributed by atoms with van der Waals surface area (Å²) < 4.78 is 5.23. The smallest absolute Gasteiger partial charge is 0.118 e. The highest BCUT2D eigenvalue weighted by Gasteiger charge is 2.38. The molecule has 0 aromatic heterocycles. The largest absolute Gasteiger partial charge is 0.497 e. The van der Waals surface area contributed by atoms with Crippen molar-refractivity contribution >= 4 is 23.5 Å². The van der Waals surface area contributed by atoms with Gasteiger partial charge in [-0.3, -0.25) is 0 Å². The minimum Gasteiger partial charge on any atom is -0.497 e. The molecular formula is C14H18OS2.